The number of anilines is 1. The molecule has 166 valence electrons. The zero-order valence-electron chi connectivity index (χ0n) is 16.7. The topological polar surface area (TPSA) is 123 Å². The van der Waals surface area contributed by atoms with E-state index in [1.807, 2.05) is 0 Å². The van der Waals surface area contributed by atoms with Crippen LogP contribution >= 0.6 is 23.4 Å². The molecule has 9 nitrogen and oxygen atoms in total. The number of carbonyl (C=O) groups excluding carboxylic acids is 3. The SMILES string of the molecule is O=C(CN1C(=O)S/C(=C/c2ccc(-c3ccc([N+](=O)[O-])cc3)o2)C1=O)Nc1ccc(Cl)cc1. The van der Waals surface area contributed by atoms with Crippen molar-refractivity contribution in [2.24, 2.45) is 0 Å². The molecule has 0 atom stereocenters. The number of halogens is 1. The van der Waals surface area contributed by atoms with Gasteiger partial charge in [0.2, 0.25) is 5.91 Å². The maximum Gasteiger partial charge on any atom is 0.294 e. The Kier molecular flexibility index (Phi) is 6.29. The smallest absolute Gasteiger partial charge is 0.294 e. The standard InChI is InChI=1S/C22H14ClN3O6S/c23-14-3-5-15(6-4-14)24-20(27)12-25-21(28)19(33-22(25)29)11-17-9-10-18(32-17)13-1-7-16(8-2-13)26(30)31/h1-11H,12H2,(H,24,27)/b19-11+. The van der Waals surface area contributed by atoms with Crippen LogP contribution < -0.4 is 5.32 Å². The fourth-order valence-electron chi connectivity index (χ4n) is 2.98. The van der Waals surface area contributed by atoms with Gasteiger partial charge in [0.25, 0.3) is 16.8 Å². The van der Waals surface area contributed by atoms with E-state index in [1.165, 1.54) is 18.2 Å². The van der Waals surface area contributed by atoms with Gasteiger partial charge < -0.3 is 9.73 Å². The number of nitro groups is 1. The first-order valence-electron chi connectivity index (χ1n) is 9.45. The van der Waals surface area contributed by atoms with Crippen molar-refractivity contribution in [1.82, 2.24) is 4.90 Å². The molecule has 1 aliphatic rings. The average molecular weight is 484 g/mol. The van der Waals surface area contributed by atoms with E-state index >= 15 is 0 Å². The number of rotatable bonds is 6. The number of imide groups is 1. The van der Waals surface area contributed by atoms with E-state index in [4.69, 9.17) is 16.0 Å². The highest BCUT2D eigenvalue weighted by atomic mass is 35.5. The van der Waals surface area contributed by atoms with E-state index in [-0.39, 0.29) is 10.6 Å². The van der Waals surface area contributed by atoms with Crippen molar-refractivity contribution >= 4 is 57.9 Å². The van der Waals surface area contributed by atoms with Gasteiger partial charge in [-0.3, -0.25) is 29.4 Å². The molecule has 0 saturated carbocycles. The van der Waals surface area contributed by atoms with Crippen LogP contribution in [0.3, 0.4) is 0 Å². The second-order valence-corrected chi connectivity index (χ2v) is 8.26. The zero-order valence-corrected chi connectivity index (χ0v) is 18.3. The van der Waals surface area contributed by atoms with Crippen LogP contribution in [0.5, 0.6) is 0 Å². The molecule has 1 fully saturated rings. The summed E-state index contributed by atoms with van der Waals surface area (Å²) in [6.07, 6.45) is 1.41. The minimum Gasteiger partial charge on any atom is -0.457 e. The molecule has 1 saturated heterocycles. The Balaban J connectivity index is 1.43. The third-order valence-electron chi connectivity index (χ3n) is 4.57. The Hall–Kier alpha value is -3.89. The van der Waals surface area contributed by atoms with Crippen LogP contribution in [-0.2, 0) is 9.59 Å². The minimum atomic E-state index is -0.607. The number of nitrogens with one attached hydrogen (secondary N) is 1. The summed E-state index contributed by atoms with van der Waals surface area (Å²) in [6, 6.07) is 15.5. The molecule has 11 heteroatoms. The first-order chi connectivity index (χ1) is 15.8. The van der Waals surface area contributed by atoms with Gasteiger partial charge in [0.15, 0.2) is 0 Å². The highest BCUT2D eigenvalue weighted by molar-refractivity contribution is 8.18. The summed E-state index contributed by atoms with van der Waals surface area (Å²) in [4.78, 5) is 48.4. The Labute approximate surface area is 196 Å². The zero-order chi connectivity index (χ0) is 23.5. The Bertz CT molecular complexity index is 1280. The molecule has 0 aliphatic carbocycles. The Morgan fingerprint density at radius 3 is 2.45 bits per heavy atom. The van der Waals surface area contributed by atoms with Gasteiger partial charge >= 0.3 is 0 Å². The molecule has 4 rings (SSSR count). The van der Waals surface area contributed by atoms with Gasteiger partial charge in [-0.15, -0.1) is 0 Å². The lowest BCUT2D eigenvalue weighted by atomic mass is 10.1. The number of benzene rings is 2. The lowest BCUT2D eigenvalue weighted by Gasteiger charge is -2.12. The van der Waals surface area contributed by atoms with Crippen LogP contribution in [0.4, 0.5) is 16.2 Å². The number of carbonyl (C=O) groups is 3. The molecule has 3 aromatic rings. The van der Waals surface area contributed by atoms with E-state index in [0.717, 1.165) is 4.90 Å². The molecule has 1 N–H and O–H groups in total. The number of hydrogen-bond donors (Lipinski definition) is 1. The molecular weight excluding hydrogens is 470 g/mol. The molecule has 2 heterocycles. The van der Waals surface area contributed by atoms with Gasteiger partial charge in [0.05, 0.1) is 9.83 Å². The molecule has 0 spiro atoms. The molecule has 0 unspecified atom stereocenters. The van der Waals surface area contributed by atoms with E-state index in [2.05, 4.69) is 5.32 Å². The summed E-state index contributed by atoms with van der Waals surface area (Å²) in [5.74, 6) is -0.374. The quantitative estimate of drug-likeness (QED) is 0.291. The molecule has 33 heavy (non-hydrogen) atoms. The van der Waals surface area contributed by atoms with Gasteiger partial charge in [-0.2, -0.15) is 0 Å². The highest BCUT2D eigenvalue weighted by Gasteiger charge is 2.36. The van der Waals surface area contributed by atoms with Crippen molar-refractivity contribution < 1.29 is 23.7 Å². The Morgan fingerprint density at radius 2 is 1.79 bits per heavy atom. The van der Waals surface area contributed by atoms with Crippen LogP contribution in [0, 0.1) is 10.1 Å². The van der Waals surface area contributed by atoms with Gasteiger partial charge in [-0.25, -0.2) is 0 Å². The third-order valence-corrected chi connectivity index (χ3v) is 5.73. The number of amides is 3. The van der Waals surface area contributed by atoms with Crippen molar-refractivity contribution in [2.75, 3.05) is 11.9 Å². The summed E-state index contributed by atoms with van der Waals surface area (Å²) in [6.45, 7) is -0.434. The summed E-state index contributed by atoms with van der Waals surface area (Å²) in [5.41, 5.74) is 1.06. The predicted octanol–water partition coefficient (Wildman–Crippen LogP) is 5.18. The number of thioether (sulfide) groups is 1. The fraction of sp³-hybridized carbons (Fsp3) is 0.0455. The fourth-order valence-corrected chi connectivity index (χ4v) is 3.92. The van der Waals surface area contributed by atoms with Crippen molar-refractivity contribution in [2.45, 2.75) is 0 Å². The van der Waals surface area contributed by atoms with Gasteiger partial charge in [0.1, 0.15) is 18.1 Å². The molecule has 1 aromatic heterocycles. The monoisotopic (exact) mass is 483 g/mol. The highest BCUT2D eigenvalue weighted by Crippen LogP contribution is 2.33. The average Bonchev–Trinajstić information content (AvgIpc) is 3.36. The number of nitrogens with zero attached hydrogens (tertiary/aromatic N) is 2. The second kappa shape index (κ2) is 9.31. The van der Waals surface area contributed by atoms with Gasteiger partial charge in [-0.1, -0.05) is 11.6 Å². The van der Waals surface area contributed by atoms with Gasteiger partial charge in [0, 0.05) is 34.5 Å². The van der Waals surface area contributed by atoms with Crippen molar-refractivity contribution in [3.63, 3.8) is 0 Å². The summed E-state index contributed by atoms with van der Waals surface area (Å²) in [5, 5.41) is 13.3. The summed E-state index contributed by atoms with van der Waals surface area (Å²) < 4.78 is 5.69. The molecule has 0 radical (unpaired) electrons. The van der Waals surface area contributed by atoms with Crippen molar-refractivity contribution in [3.05, 3.63) is 86.5 Å². The Morgan fingerprint density at radius 1 is 1.09 bits per heavy atom. The van der Waals surface area contributed by atoms with Crippen molar-refractivity contribution in [3.8, 4) is 11.3 Å². The molecule has 0 bridgehead atoms. The maximum absolute atomic E-state index is 12.6. The van der Waals surface area contributed by atoms with Crippen LogP contribution in [0.2, 0.25) is 5.02 Å². The van der Waals surface area contributed by atoms with Gasteiger partial charge in [-0.05, 0) is 60.3 Å². The maximum atomic E-state index is 12.6. The van der Waals surface area contributed by atoms with E-state index in [1.54, 1.807) is 48.5 Å². The van der Waals surface area contributed by atoms with Crippen LogP contribution in [-0.4, -0.2) is 33.4 Å². The van der Waals surface area contributed by atoms with E-state index < -0.39 is 28.5 Å². The molecular formula is C22H14ClN3O6S. The number of hydrogen-bond acceptors (Lipinski definition) is 7. The first-order valence-corrected chi connectivity index (χ1v) is 10.6. The van der Waals surface area contributed by atoms with E-state index in [9.17, 15) is 24.5 Å². The molecule has 2 aromatic carbocycles. The summed E-state index contributed by atoms with van der Waals surface area (Å²) >= 11 is 6.51. The minimum absolute atomic E-state index is 0.0423. The predicted molar refractivity (Wildman–Crippen MR) is 124 cm³/mol. The first kappa shape index (κ1) is 22.3. The number of furan rings is 1. The van der Waals surface area contributed by atoms with Crippen LogP contribution in [0.15, 0.2) is 70.0 Å². The lowest BCUT2D eigenvalue weighted by Crippen LogP contribution is -2.36. The molecule has 1 aliphatic heterocycles. The number of nitro benzene ring substituents is 1. The number of non-ortho nitro benzene ring substituents is 1. The van der Waals surface area contributed by atoms with Crippen LogP contribution in [0.25, 0.3) is 17.4 Å². The third kappa shape index (κ3) is 5.13. The summed E-state index contributed by atoms with van der Waals surface area (Å²) in [7, 11) is 0. The van der Waals surface area contributed by atoms with Crippen LogP contribution in [0.1, 0.15) is 5.76 Å². The normalized spacial score (nSPS) is 14.7. The largest absolute Gasteiger partial charge is 0.457 e. The van der Waals surface area contributed by atoms with E-state index in [0.29, 0.717) is 39.6 Å². The second-order valence-electron chi connectivity index (χ2n) is 6.83. The molecule has 3 amide bonds. The lowest BCUT2D eigenvalue weighted by molar-refractivity contribution is -0.384. The van der Waals surface area contributed by atoms with Crippen molar-refractivity contribution in [1.29, 1.82) is 0 Å².